The predicted octanol–water partition coefficient (Wildman–Crippen LogP) is 3.05. The van der Waals surface area contributed by atoms with Crippen LogP contribution in [0.1, 0.15) is 46.9 Å². The van der Waals surface area contributed by atoms with Crippen molar-refractivity contribution in [3.8, 4) is 0 Å². The predicted molar refractivity (Wildman–Crippen MR) is 85.9 cm³/mol. The summed E-state index contributed by atoms with van der Waals surface area (Å²) in [6, 6.07) is 12.8. The van der Waals surface area contributed by atoms with Gasteiger partial charge in [-0.05, 0) is 49.9 Å². The quantitative estimate of drug-likeness (QED) is 0.926. The van der Waals surface area contributed by atoms with Gasteiger partial charge in [0.15, 0.2) is 0 Å². The smallest absolute Gasteiger partial charge is 0.254 e. The van der Waals surface area contributed by atoms with Gasteiger partial charge in [0.1, 0.15) is 0 Å². The Hall–Kier alpha value is -2.36. The zero-order valence-electron chi connectivity index (χ0n) is 12.7. The number of amides is 1. The van der Waals surface area contributed by atoms with Crippen LogP contribution in [0.3, 0.4) is 0 Å². The highest BCUT2D eigenvalue weighted by Crippen LogP contribution is 2.32. The molecular weight excluding hydrogens is 276 g/mol. The number of aromatic amines is 1. The molecule has 1 fully saturated rings. The number of aromatic nitrogens is 1. The van der Waals surface area contributed by atoms with E-state index in [0.717, 1.165) is 42.6 Å². The molecule has 0 unspecified atom stereocenters. The topological polar surface area (TPSA) is 53.2 Å². The standard InChI is InChI=1S/C18H20N2O2/c1-13-15(10-11-17(21)19-13)16-9-5-6-12-20(16)18(22)14-7-3-2-4-8-14/h2-4,7-8,10-11,16H,5-6,9,12H2,1H3,(H,19,21)/t16-/m0/s1. The number of nitrogens with one attached hydrogen (secondary N) is 1. The molecule has 0 bridgehead atoms. The van der Waals surface area contributed by atoms with E-state index in [0.29, 0.717) is 0 Å². The van der Waals surface area contributed by atoms with E-state index < -0.39 is 0 Å². The van der Waals surface area contributed by atoms with E-state index in [9.17, 15) is 9.59 Å². The number of carbonyl (C=O) groups is 1. The Morgan fingerprint density at radius 1 is 1.14 bits per heavy atom. The number of hydrogen-bond donors (Lipinski definition) is 1. The normalized spacial score (nSPS) is 18.2. The minimum Gasteiger partial charge on any atom is -0.332 e. The molecule has 1 N–H and O–H groups in total. The maximum absolute atomic E-state index is 12.8. The van der Waals surface area contributed by atoms with Gasteiger partial charge in [0.05, 0.1) is 6.04 Å². The van der Waals surface area contributed by atoms with Crippen molar-refractivity contribution in [2.24, 2.45) is 0 Å². The number of piperidine rings is 1. The summed E-state index contributed by atoms with van der Waals surface area (Å²) in [5.41, 5.74) is 2.52. The Morgan fingerprint density at radius 3 is 2.64 bits per heavy atom. The van der Waals surface area contributed by atoms with E-state index in [2.05, 4.69) is 4.98 Å². The molecule has 4 heteroatoms. The van der Waals surface area contributed by atoms with Gasteiger partial charge in [-0.2, -0.15) is 0 Å². The van der Waals surface area contributed by atoms with Crippen molar-refractivity contribution in [3.63, 3.8) is 0 Å². The number of benzene rings is 1. The molecule has 0 radical (unpaired) electrons. The van der Waals surface area contributed by atoms with Crippen LogP contribution in [0.4, 0.5) is 0 Å². The third-order valence-electron chi connectivity index (χ3n) is 4.30. The van der Waals surface area contributed by atoms with Crippen molar-refractivity contribution >= 4 is 5.91 Å². The largest absolute Gasteiger partial charge is 0.332 e. The maximum Gasteiger partial charge on any atom is 0.254 e. The van der Waals surface area contributed by atoms with Crippen molar-refractivity contribution in [3.05, 3.63) is 69.6 Å². The highest BCUT2D eigenvalue weighted by molar-refractivity contribution is 5.94. The average molecular weight is 296 g/mol. The number of likely N-dealkylation sites (tertiary alicyclic amines) is 1. The summed E-state index contributed by atoms with van der Waals surface area (Å²) < 4.78 is 0. The first-order valence-electron chi connectivity index (χ1n) is 7.72. The minimum atomic E-state index is -0.0991. The average Bonchev–Trinajstić information content (AvgIpc) is 2.55. The van der Waals surface area contributed by atoms with Crippen molar-refractivity contribution in [1.29, 1.82) is 0 Å². The molecule has 2 aromatic rings. The summed E-state index contributed by atoms with van der Waals surface area (Å²) in [5, 5.41) is 0. The zero-order valence-corrected chi connectivity index (χ0v) is 12.7. The first-order chi connectivity index (χ1) is 10.7. The van der Waals surface area contributed by atoms with Gasteiger partial charge in [0.25, 0.3) is 5.91 Å². The molecule has 114 valence electrons. The highest BCUT2D eigenvalue weighted by atomic mass is 16.2. The van der Waals surface area contributed by atoms with Crippen molar-refractivity contribution in [2.75, 3.05) is 6.54 Å². The number of carbonyl (C=O) groups excluding carboxylic acids is 1. The van der Waals surface area contributed by atoms with Crippen LogP contribution in [0, 0.1) is 6.92 Å². The molecule has 4 nitrogen and oxygen atoms in total. The Bertz CT molecular complexity index is 721. The maximum atomic E-state index is 12.8. The fourth-order valence-electron chi connectivity index (χ4n) is 3.19. The first-order valence-corrected chi connectivity index (χ1v) is 7.72. The Morgan fingerprint density at radius 2 is 1.91 bits per heavy atom. The second-order valence-electron chi connectivity index (χ2n) is 5.78. The lowest BCUT2D eigenvalue weighted by Gasteiger charge is -2.36. The summed E-state index contributed by atoms with van der Waals surface area (Å²) in [5.74, 6) is 0.0656. The summed E-state index contributed by atoms with van der Waals surface area (Å²) in [4.78, 5) is 29.0. The zero-order chi connectivity index (χ0) is 15.5. The SMILES string of the molecule is Cc1[nH]c(=O)ccc1[C@@H]1CCCCN1C(=O)c1ccccc1. The summed E-state index contributed by atoms with van der Waals surface area (Å²) >= 11 is 0. The Labute approximate surface area is 129 Å². The van der Waals surface area contributed by atoms with Crippen LogP contribution in [0.25, 0.3) is 0 Å². The molecule has 1 aliphatic rings. The summed E-state index contributed by atoms with van der Waals surface area (Å²) in [6.07, 6.45) is 3.06. The molecule has 1 atom stereocenters. The third kappa shape index (κ3) is 2.82. The molecule has 0 saturated carbocycles. The van der Waals surface area contributed by atoms with E-state index in [1.165, 1.54) is 0 Å². The van der Waals surface area contributed by atoms with Crippen LogP contribution in [-0.4, -0.2) is 22.3 Å². The number of nitrogens with zero attached hydrogens (tertiary/aromatic N) is 1. The van der Waals surface area contributed by atoms with Crippen LogP contribution in [0.2, 0.25) is 0 Å². The van der Waals surface area contributed by atoms with Gasteiger partial charge in [-0.25, -0.2) is 0 Å². The Kier molecular flexibility index (Phi) is 4.09. The number of rotatable bonds is 2. The molecule has 3 rings (SSSR count). The number of hydrogen-bond acceptors (Lipinski definition) is 2. The lowest BCUT2D eigenvalue weighted by molar-refractivity contribution is 0.0610. The van der Waals surface area contributed by atoms with E-state index in [1.54, 1.807) is 6.07 Å². The van der Waals surface area contributed by atoms with Crippen LogP contribution >= 0.6 is 0 Å². The molecule has 0 spiro atoms. The third-order valence-corrected chi connectivity index (χ3v) is 4.30. The lowest BCUT2D eigenvalue weighted by atomic mass is 9.93. The van der Waals surface area contributed by atoms with Gasteiger partial charge in [-0.15, -0.1) is 0 Å². The van der Waals surface area contributed by atoms with Crippen LogP contribution in [-0.2, 0) is 0 Å². The monoisotopic (exact) mass is 296 g/mol. The van der Waals surface area contributed by atoms with Crippen LogP contribution < -0.4 is 5.56 Å². The Balaban J connectivity index is 1.94. The van der Waals surface area contributed by atoms with Crippen molar-refractivity contribution in [1.82, 2.24) is 9.88 Å². The molecule has 0 aliphatic carbocycles. The number of aryl methyl sites for hydroxylation is 1. The molecule has 2 heterocycles. The molecule has 1 aromatic carbocycles. The molecule has 22 heavy (non-hydrogen) atoms. The fraction of sp³-hybridized carbons (Fsp3) is 0.333. The van der Waals surface area contributed by atoms with Crippen molar-refractivity contribution in [2.45, 2.75) is 32.2 Å². The minimum absolute atomic E-state index is 0.0401. The van der Waals surface area contributed by atoms with Gasteiger partial charge in [0, 0.05) is 23.9 Å². The first kappa shape index (κ1) is 14.6. The van der Waals surface area contributed by atoms with E-state index in [4.69, 9.17) is 0 Å². The number of H-pyrrole nitrogens is 1. The van der Waals surface area contributed by atoms with E-state index >= 15 is 0 Å². The van der Waals surface area contributed by atoms with Crippen LogP contribution in [0.15, 0.2) is 47.3 Å². The molecule has 1 aromatic heterocycles. The summed E-state index contributed by atoms with van der Waals surface area (Å²) in [7, 11) is 0. The van der Waals surface area contributed by atoms with Gasteiger partial charge < -0.3 is 9.88 Å². The van der Waals surface area contributed by atoms with Gasteiger partial charge in [0.2, 0.25) is 5.56 Å². The van der Waals surface area contributed by atoms with E-state index in [-0.39, 0.29) is 17.5 Å². The van der Waals surface area contributed by atoms with Crippen molar-refractivity contribution < 1.29 is 4.79 Å². The highest BCUT2D eigenvalue weighted by Gasteiger charge is 2.29. The van der Waals surface area contributed by atoms with Gasteiger partial charge in [-0.3, -0.25) is 9.59 Å². The number of pyridine rings is 1. The molecular formula is C18H20N2O2. The second kappa shape index (κ2) is 6.18. The second-order valence-corrected chi connectivity index (χ2v) is 5.78. The molecule has 1 amide bonds. The molecule has 1 aliphatic heterocycles. The van der Waals surface area contributed by atoms with Gasteiger partial charge in [-0.1, -0.05) is 18.2 Å². The fourth-order valence-corrected chi connectivity index (χ4v) is 3.19. The lowest BCUT2D eigenvalue weighted by Crippen LogP contribution is -2.39. The van der Waals surface area contributed by atoms with Gasteiger partial charge >= 0.3 is 0 Å². The van der Waals surface area contributed by atoms with Crippen LogP contribution in [0.5, 0.6) is 0 Å². The van der Waals surface area contributed by atoms with E-state index in [1.807, 2.05) is 48.2 Å². The molecule has 1 saturated heterocycles. The summed E-state index contributed by atoms with van der Waals surface area (Å²) in [6.45, 7) is 2.66.